The topological polar surface area (TPSA) is 143 Å². The van der Waals surface area contributed by atoms with Gasteiger partial charge in [-0.3, -0.25) is 14.5 Å². The number of fused-ring (bicyclic) bond motifs is 3. The molecule has 2 aromatic carbocycles. The zero-order chi connectivity index (χ0) is 29.5. The second kappa shape index (κ2) is 10.9. The molecule has 41 heavy (non-hydrogen) atoms. The molecule has 11 nitrogen and oxygen atoms in total. The summed E-state index contributed by atoms with van der Waals surface area (Å²) < 4.78 is 72.4. The van der Waals surface area contributed by atoms with Crippen LogP contribution in [0.2, 0.25) is 0 Å². The van der Waals surface area contributed by atoms with Crippen LogP contribution in [0.1, 0.15) is 40.7 Å². The monoisotopic (exact) mass is 599 g/mol. The molecule has 0 spiro atoms. The normalized spacial score (nSPS) is 17.2. The Morgan fingerprint density at radius 1 is 1.12 bits per heavy atom. The largest absolute Gasteiger partial charge is 0.474 e. The number of esters is 1. The highest BCUT2D eigenvalue weighted by Crippen LogP contribution is 2.48. The van der Waals surface area contributed by atoms with Crippen molar-refractivity contribution in [3.05, 3.63) is 77.7 Å². The van der Waals surface area contributed by atoms with Gasteiger partial charge < -0.3 is 14.0 Å². The summed E-state index contributed by atoms with van der Waals surface area (Å²) in [4.78, 5) is 17.7. The maximum atomic E-state index is 13.7. The molecule has 216 valence electrons. The summed E-state index contributed by atoms with van der Waals surface area (Å²) in [5.41, 5.74) is 1.62. The van der Waals surface area contributed by atoms with E-state index in [2.05, 4.69) is 10.3 Å². The van der Waals surface area contributed by atoms with Crippen LogP contribution in [-0.4, -0.2) is 52.3 Å². The van der Waals surface area contributed by atoms with Gasteiger partial charge in [-0.1, -0.05) is 24.3 Å². The first kappa shape index (κ1) is 28.7. The molecule has 0 saturated carbocycles. The molecular formula is C28H29N3O8S2. The van der Waals surface area contributed by atoms with Crippen LogP contribution in [0.4, 0.5) is 0 Å². The minimum absolute atomic E-state index is 0.0659. The number of aromatic nitrogens is 2. The lowest BCUT2D eigenvalue weighted by molar-refractivity contribution is 0.0587. The molecule has 13 heteroatoms. The van der Waals surface area contributed by atoms with E-state index in [1.165, 1.54) is 19.2 Å². The van der Waals surface area contributed by atoms with E-state index in [4.69, 9.17) is 13.7 Å². The number of sulfone groups is 1. The number of pyridine rings is 1. The fourth-order valence-corrected chi connectivity index (χ4v) is 7.94. The molecule has 0 aliphatic carbocycles. The van der Waals surface area contributed by atoms with Crippen molar-refractivity contribution in [3.8, 4) is 16.9 Å². The predicted molar refractivity (Wildman–Crippen MR) is 151 cm³/mol. The van der Waals surface area contributed by atoms with E-state index in [0.717, 1.165) is 0 Å². The molecule has 1 N–H and O–H groups in total. The molecule has 1 aliphatic heterocycles. The van der Waals surface area contributed by atoms with E-state index < -0.39 is 43.3 Å². The molecule has 3 heterocycles. The van der Waals surface area contributed by atoms with Crippen molar-refractivity contribution in [2.24, 2.45) is 7.05 Å². The highest BCUT2D eigenvalue weighted by molar-refractivity contribution is 7.90. The Balaban J connectivity index is 1.96. The number of aryl methyl sites for hydroxylation is 1. The van der Waals surface area contributed by atoms with Crippen LogP contribution in [0.5, 0.6) is 5.75 Å². The van der Waals surface area contributed by atoms with Crippen LogP contribution in [0.25, 0.3) is 22.0 Å². The van der Waals surface area contributed by atoms with E-state index in [-0.39, 0.29) is 33.9 Å². The average molecular weight is 600 g/mol. The van der Waals surface area contributed by atoms with Gasteiger partial charge in [0, 0.05) is 53.3 Å². The van der Waals surface area contributed by atoms with Crippen LogP contribution >= 0.6 is 0 Å². The van der Waals surface area contributed by atoms with Crippen LogP contribution < -0.4 is 10.1 Å². The Bertz CT molecular complexity index is 1840. The lowest BCUT2D eigenvalue weighted by Crippen LogP contribution is -2.44. The first-order valence-corrected chi connectivity index (χ1v) is 15.9. The number of rotatable bonds is 8. The van der Waals surface area contributed by atoms with Crippen LogP contribution in [0, 0.1) is 0 Å². The summed E-state index contributed by atoms with van der Waals surface area (Å²) in [7, 11) is -5.41. The maximum Gasteiger partial charge on any atom is 0.342 e. The zero-order valence-electron chi connectivity index (χ0n) is 22.8. The molecule has 4 aromatic rings. The Morgan fingerprint density at radius 2 is 1.85 bits per heavy atom. The number of nitrogens with one attached hydrogen (secondary N) is 1. The van der Waals surface area contributed by atoms with E-state index in [0.29, 0.717) is 22.0 Å². The Kier molecular flexibility index (Phi) is 7.64. The smallest absolute Gasteiger partial charge is 0.342 e. The van der Waals surface area contributed by atoms with Crippen LogP contribution in [0.3, 0.4) is 0 Å². The van der Waals surface area contributed by atoms with Gasteiger partial charge in [-0.2, -0.15) is 8.42 Å². The van der Waals surface area contributed by atoms with Gasteiger partial charge in [0.15, 0.2) is 15.2 Å². The zero-order valence-corrected chi connectivity index (χ0v) is 24.5. The van der Waals surface area contributed by atoms with Crippen molar-refractivity contribution in [2.75, 3.05) is 13.7 Å². The average Bonchev–Trinajstić information content (AvgIpc) is 3.30. The highest BCUT2D eigenvalue weighted by Gasteiger charge is 2.43. The summed E-state index contributed by atoms with van der Waals surface area (Å²) in [5.74, 6) is -1.53. The third-order valence-electron chi connectivity index (χ3n) is 6.82. The summed E-state index contributed by atoms with van der Waals surface area (Å²) in [6.07, 6.45) is 4.07. The number of hydrogen-bond acceptors (Lipinski definition) is 10. The van der Waals surface area contributed by atoms with Crippen molar-refractivity contribution < 1.29 is 35.3 Å². The van der Waals surface area contributed by atoms with Gasteiger partial charge >= 0.3 is 5.97 Å². The Hall–Kier alpha value is -3.78. The third kappa shape index (κ3) is 5.10. The molecule has 0 saturated heterocycles. The summed E-state index contributed by atoms with van der Waals surface area (Å²) in [5, 5.41) is 1.87. The van der Waals surface area contributed by atoms with E-state index in [9.17, 15) is 21.6 Å². The summed E-state index contributed by atoms with van der Waals surface area (Å²) >= 11 is 0. The van der Waals surface area contributed by atoms with E-state index in [1.807, 2.05) is 0 Å². The number of methoxy groups -OCH3 is 1. The van der Waals surface area contributed by atoms with Crippen molar-refractivity contribution in [1.29, 1.82) is 0 Å². The standard InChI is InChI=1S/C28H29N3O8S2/c1-5-38-41(35,36)27-24-22-20(18-10-9-13-29-14-18)15-31(3)25(22)21(16-40(33,34)19-11-7-6-8-12-19)23(28(32)37-4)26(24)39-17(2)30-27/h6-15,17,27,30H,5,16H2,1-4H3. The van der Waals surface area contributed by atoms with Crippen molar-refractivity contribution in [1.82, 2.24) is 14.9 Å². The minimum Gasteiger partial charge on any atom is -0.474 e. The lowest BCUT2D eigenvalue weighted by Gasteiger charge is -2.34. The number of hydrogen-bond donors (Lipinski definition) is 1. The summed E-state index contributed by atoms with van der Waals surface area (Å²) in [6, 6.07) is 11.4. The molecule has 0 bridgehead atoms. The Labute approximate surface area is 238 Å². The third-order valence-corrected chi connectivity index (χ3v) is 10.00. The number of carbonyl (C=O) groups is 1. The van der Waals surface area contributed by atoms with Crippen LogP contribution in [0.15, 0.2) is 66.0 Å². The fraction of sp³-hybridized carbons (Fsp3) is 0.286. The predicted octanol–water partition coefficient (Wildman–Crippen LogP) is 3.69. The molecule has 0 radical (unpaired) electrons. The second-order valence-corrected chi connectivity index (χ2v) is 13.2. The van der Waals surface area contributed by atoms with Gasteiger partial charge in [0.1, 0.15) is 17.5 Å². The molecule has 2 aromatic heterocycles. The molecule has 0 fully saturated rings. The molecule has 2 atom stereocenters. The van der Waals surface area contributed by atoms with E-state index in [1.54, 1.807) is 74.4 Å². The lowest BCUT2D eigenvalue weighted by atomic mass is 9.93. The minimum atomic E-state index is -4.29. The Morgan fingerprint density at radius 3 is 2.49 bits per heavy atom. The van der Waals surface area contributed by atoms with Gasteiger partial charge in [-0.15, -0.1) is 0 Å². The van der Waals surface area contributed by atoms with Gasteiger partial charge in [0.05, 0.1) is 29.9 Å². The molecule has 0 amide bonds. The van der Waals surface area contributed by atoms with Gasteiger partial charge in [0.25, 0.3) is 10.1 Å². The molecule has 2 unspecified atom stereocenters. The van der Waals surface area contributed by atoms with Crippen molar-refractivity contribution >= 4 is 36.8 Å². The number of ether oxygens (including phenoxy) is 2. The first-order valence-electron chi connectivity index (χ1n) is 12.7. The molecule has 5 rings (SSSR count). The fourth-order valence-electron chi connectivity index (χ4n) is 5.21. The van der Waals surface area contributed by atoms with Crippen molar-refractivity contribution in [2.45, 2.75) is 36.1 Å². The van der Waals surface area contributed by atoms with E-state index >= 15 is 0 Å². The number of nitrogens with zero attached hydrogens (tertiary/aromatic N) is 2. The second-order valence-electron chi connectivity index (χ2n) is 9.49. The maximum absolute atomic E-state index is 13.7. The SMILES string of the molecule is CCOS(=O)(=O)C1NC(C)Oc2c(C(=O)OC)c(CS(=O)(=O)c3ccccc3)c3c(c(-c4cccnc4)cn3C)c21. The quantitative estimate of drug-likeness (QED) is 0.235. The highest BCUT2D eigenvalue weighted by atomic mass is 32.2. The molecular weight excluding hydrogens is 570 g/mol. The van der Waals surface area contributed by atoms with Crippen molar-refractivity contribution in [3.63, 3.8) is 0 Å². The van der Waals surface area contributed by atoms with Crippen LogP contribution in [-0.2, 0) is 41.7 Å². The van der Waals surface area contributed by atoms with Gasteiger partial charge in [-0.25, -0.2) is 13.2 Å². The van der Waals surface area contributed by atoms with Gasteiger partial charge in [-0.05, 0) is 32.0 Å². The number of benzene rings is 2. The van der Waals surface area contributed by atoms with Gasteiger partial charge in [0.2, 0.25) is 0 Å². The first-order chi connectivity index (χ1) is 19.5. The number of carbonyl (C=O) groups excluding carboxylic acids is 1. The summed E-state index contributed by atoms with van der Waals surface area (Å²) in [6.45, 7) is 3.02. The molecule has 1 aliphatic rings.